The van der Waals surface area contributed by atoms with Crippen LogP contribution in [0.15, 0.2) is 42.5 Å². The fourth-order valence-electron chi connectivity index (χ4n) is 2.82. The molecule has 1 aliphatic carbocycles. The minimum atomic E-state index is -0.699. The molecule has 5 heteroatoms. The lowest BCUT2D eigenvalue weighted by molar-refractivity contribution is -0.136. The van der Waals surface area contributed by atoms with E-state index in [1.165, 1.54) is 16.7 Å². The van der Waals surface area contributed by atoms with Crippen molar-refractivity contribution in [2.75, 3.05) is 18.5 Å². The molecule has 0 bridgehead atoms. The number of rotatable bonds is 4. The molecule has 0 saturated carbocycles. The van der Waals surface area contributed by atoms with Gasteiger partial charge >= 0.3 is 11.8 Å². The number of nitrogens with one attached hydrogen (secondary N) is 2. The van der Waals surface area contributed by atoms with Crippen molar-refractivity contribution >= 4 is 17.5 Å². The SMILES string of the molecule is CC(CO)CNC(=O)C(=O)Nc1ccc2c(c1)Cc1ccccc1-2. The van der Waals surface area contributed by atoms with Crippen molar-refractivity contribution < 1.29 is 14.7 Å². The quantitative estimate of drug-likeness (QED) is 0.642. The lowest BCUT2D eigenvalue weighted by Gasteiger charge is -2.10. The van der Waals surface area contributed by atoms with Gasteiger partial charge < -0.3 is 15.7 Å². The van der Waals surface area contributed by atoms with E-state index in [9.17, 15) is 9.59 Å². The van der Waals surface area contributed by atoms with Crippen LogP contribution in [0.1, 0.15) is 18.1 Å². The van der Waals surface area contributed by atoms with Crippen LogP contribution < -0.4 is 10.6 Å². The topological polar surface area (TPSA) is 78.4 Å². The Kier molecular flexibility index (Phi) is 4.62. The zero-order chi connectivity index (χ0) is 17.1. The standard InChI is InChI=1S/C19H20N2O3/c1-12(11-22)10-20-18(23)19(24)21-15-6-7-17-14(9-15)8-13-4-2-3-5-16(13)17/h2-7,9,12,22H,8,10-11H2,1H3,(H,20,23)(H,21,24). The van der Waals surface area contributed by atoms with Crippen molar-refractivity contribution in [3.8, 4) is 11.1 Å². The monoisotopic (exact) mass is 324 g/mol. The molecule has 0 spiro atoms. The number of aliphatic hydroxyl groups is 1. The Balaban J connectivity index is 1.66. The molecule has 2 aromatic rings. The molecule has 0 saturated heterocycles. The lowest BCUT2D eigenvalue weighted by Crippen LogP contribution is -2.38. The molecular weight excluding hydrogens is 304 g/mol. The Hall–Kier alpha value is -2.66. The molecule has 5 nitrogen and oxygen atoms in total. The first-order chi connectivity index (χ1) is 11.6. The van der Waals surface area contributed by atoms with Crippen molar-refractivity contribution in [1.82, 2.24) is 5.32 Å². The van der Waals surface area contributed by atoms with Crippen LogP contribution in [-0.4, -0.2) is 30.1 Å². The van der Waals surface area contributed by atoms with Gasteiger partial charge in [0.2, 0.25) is 0 Å². The van der Waals surface area contributed by atoms with Crippen molar-refractivity contribution in [2.45, 2.75) is 13.3 Å². The summed E-state index contributed by atoms with van der Waals surface area (Å²) >= 11 is 0. The molecule has 2 amide bonds. The van der Waals surface area contributed by atoms with Crippen LogP contribution in [-0.2, 0) is 16.0 Å². The molecule has 0 radical (unpaired) electrons. The summed E-state index contributed by atoms with van der Waals surface area (Å²) < 4.78 is 0. The van der Waals surface area contributed by atoms with Crippen molar-refractivity contribution in [3.05, 3.63) is 53.6 Å². The first kappa shape index (κ1) is 16.2. The van der Waals surface area contributed by atoms with Crippen LogP contribution in [0, 0.1) is 5.92 Å². The highest BCUT2D eigenvalue weighted by atomic mass is 16.3. The average Bonchev–Trinajstić information content (AvgIpc) is 2.96. The van der Waals surface area contributed by atoms with Gasteiger partial charge in [-0.15, -0.1) is 0 Å². The van der Waals surface area contributed by atoms with E-state index >= 15 is 0 Å². The first-order valence-electron chi connectivity index (χ1n) is 7.99. The molecule has 0 aromatic heterocycles. The number of fused-ring (bicyclic) bond motifs is 3. The van der Waals surface area contributed by atoms with Crippen LogP contribution >= 0.6 is 0 Å². The minimum Gasteiger partial charge on any atom is -0.396 e. The highest BCUT2D eigenvalue weighted by Crippen LogP contribution is 2.37. The summed E-state index contributed by atoms with van der Waals surface area (Å²) in [6.07, 6.45) is 0.829. The zero-order valence-corrected chi connectivity index (χ0v) is 13.5. The van der Waals surface area contributed by atoms with Gasteiger partial charge in [0.15, 0.2) is 0 Å². The second-order valence-corrected chi connectivity index (χ2v) is 6.16. The smallest absolute Gasteiger partial charge is 0.313 e. The Morgan fingerprint density at radius 3 is 2.62 bits per heavy atom. The number of aliphatic hydroxyl groups excluding tert-OH is 1. The number of carbonyl (C=O) groups is 2. The van der Waals surface area contributed by atoms with Crippen LogP contribution in [0.4, 0.5) is 5.69 Å². The normalized spacial score (nSPS) is 12.9. The number of hydrogen-bond acceptors (Lipinski definition) is 3. The molecule has 1 aliphatic rings. The van der Waals surface area contributed by atoms with E-state index in [0.717, 1.165) is 12.0 Å². The van der Waals surface area contributed by atoms with Crippen molar-refractivity contribution in [1.29, 1.82) is 0 Å². The molecule has 2 aromatic carbocycles. The third-order valence-corrected chi connectivity index (χ3v) is 4.18. The lowest BCUT2D eigenvalue weighted by atomic mass is 10.1. The van der Waals surface area contributed by atoms with Gasteiger partial charge in [0.25, 0.3) is 0 Å². The molecule has 0 fully saturated rings. The summed E-state index contributed by atoms with van der Waals surface area (Å²) in [5.74, 6) is -1.48. The molecule has 1 unspecified atom stereocenters. The van der Waals surface area contributed by atoms with Gasteiger partial charge in [-0.1, -0.05) is 37.3 Å². The Bertz CT molecular complexity index is 786. The van der Waals surface area contributed by atoms with Gasteiger partial charge in [0.05, 0.1) is 0 Å². The van der Waals surface area contributed by atoms with E-state index in [-0.39, 0.29) is 19.1 Å². The molecule has 1 atom stereocenters. The first-order valence-corrected chi connectivity index (χ1v) is 7.99. The molecule has 3 N–H and O–H groups in total. The summed E-state index contributed by atoms with van der Waals surface area (Å²) in [5, 5.41) is 14.1. The van der Waals surface area contributed by atoms with Gasteiger partial charge in [-0.25, -0.2) is 0 Å². The van der Waals surface area contributed by atoms with Crippen molar-refractivity contribution in [3.63, 3.8) is 0 Å². The molecule has 124 valence electrons. The third kappa shape index (κ3) is 3.31. The number of amides is 2. The maximum atomic E-state index is 11.9. The fraction of sp³-hybridized carbons (Fsp3) is 0.263. The van der Waals surface area contributed by atoms with Gasteiger partial charge in [-0.05, 0) is 46.7 Å². The second kappa shape index (κ2) is 6.84. The van der Waals surface area contributed by atoms with Gasteiger partial charge in [-0.2, -0.15) is 0 Å². The third-order valence-electron chi connectivity index (χ3n) is 4.18. The summed E-state index contributed by atoms with van der Waals surface area (Å²) in [4.78, 5) is 23.7. The minimum absolute atomic E-state index is 0.0344. The highest BCUT2D eigenvalue weighted by Gasteiger charge is 2.19. The molecule has 24 heavy (non-hydrogen) atoms. The second-order valence-electron chi connectivity index (χ2n) is 6.16. The summed E-state index contributed by atoms with van der Waals surface area (Å²) in [6, 6.07) is 13.9. The number of hydrogen-bond donors (Lipinski definition) is 3. The van der Waals surface area contributed by atoms with Gasteiger partial charge in [-0.3, -0.25) is 9.59 Å². The van der Waals surface area contributed by atoms with E-state index in [1.807, 2.05) is 30.3 Å². The predicted octanol–water partition coefficient (Wildman–Crippen LogP) is 1.94. The Morgan fingerprint density at radius 2 is 1.83 bits per heavy atom. The molecule has 0 heterocycles. The highest BCUT2D eigenvalue weighted by molar-refractivity contribution is 6.39. The summed E-state index contributed by atoms with van der Waals surface area (Å²) in [5.41, 5.74) is 5.41. The van der Waals surface area contributed by atoms with Crippen molar-refractivity contribution in [2.24, 2.45) is 5.92 Å². The number of benzene rings is 2. The van der Waals surface area contributed by atoms with Crippen LogP contribution in [0.5, 0.6) is 0 Å². The summed E-state index contributed by atoms with van der Waals surface area (Å²) in [7, 11) is 0. The van der Waals surface area contributed by atoms with E-state index in [0.29, 0.717) is 5.69 Å². The maximum absolute atomic E-state index is 11.9. The van der Waals surface area contributed by atoms with Gasteiger partial charge in [0.1, 0.15) is 0 Å². The molecule has 3 rings (SSSR count). The van der Waals surface area contributed by atoms with Crippen LogP contribution in [0.25, 0.3) is 11.1 Å². The summed E-state index contributed by atoms with van der Waals surface area (Å²) in [6.45, 7) is 2.02. The average molecular weight is 324 g/mol. The van der Waals surface area contributed by atoms with Gasteiger partial charge in [0, 0.05) is 18.8 Å². The van der Waals surface area contributed by atoms with E-state index in [4.69, 9.17) is 5.11 Å². The number of anilines is 1. The fourth-order valence-corrected chi connectivity index (χ4v) is 2.82. The Labute approximate surface area is 140 Å². The Morgan fingerprint density at radius 1 is 1.08 bits per heavy atom. The zero-order valence-electron chi connectivity index (χ0n) is 13.5. The largest absolute Gasteiger partial charge is 0.396 e. The van der Waals surface area contributed by atoms with E-state index in [1.54, 1.807) is 6.92 Å². The predicted molar refractivity (Wildman–Crippen MR) is 92.6 cm³/mol. The number of carbonyl (C=O) groups excluding carboxylic acids is 2. The maximum Gasteiger partial charge on any atom is 0.313 e. The molecular formula is C19H20N2O3. The van der Waals surface area contributed by atoms with Crippen LogP contribution in [0.3, 0.4) is 0 Å². The molecule has 0 aliphatic heterocycles. The van der Waals surface area contributed by atoms with E-state index in [2.05, 4.69) is 22.8 Å². The van der Waals surface area contributed by atoms with Crippen LogP contribution in [0.2, 0.25) is 0 Å². The van der Waals surface area contributed by atoms with E-state index < -0.39 is 11.8 Å².